The van der Waals surface area contributed by atoms with Gasteiger partial charge in [-0.2, -0.15) is 0 Å². The third-order valence-corrected chi connectivity index (χ3v) is 2.79. The van der Waals surface area contributed by atoms with Gasteiger partial charge in [0, 0.05) is 23.1 Å². The third kappa shape index (κ3) is 1.92. The molecule has 0 atom stereocenters. The molecule has 0 fully saturated rings. The number of hydrogen-bond acceptors (Lipinski definition) is 5. The van der Waals surface area contributed by atoms with Gasteiger partial charge in [-0.25, -0.2) is 4.98 Å². The highest BCUT2D eigenvalue weighted by Gasteiger charge is 2.10. The second-order valence-corrected chi connectivity index (χ2v) is 4.53. The van der Waals surface area contributed by atoms with Crippen molar-refractivity contribution in [1.82, 2.24) is 24.6 Å². The minimum atomic E-state index is 0.401. The first-order valence-electron chi connectivity index (χ1n) is 5.19. The van der Waals surface area contributed by atoms with E-state index in [9.17, 15) is 0 Å². The second kappa shape index (κ2) is 4.34. The smallest absolute Gasteiger partial charge is 0.265 e. The fraction of sp³-hybridized carbons (Fsp3) is 0.0909. The van der Waals surface area contributed by atoms with Gasteiger partial charge in [0.05, 0.1) is 6.20 Å². The molecule has 0 aliphatic carbocycles. The van der Waals surface area contributed by atoms with Crippen LogP contribution in [-0.4, -0.2) is 24.6 Å². The Labute approximate surface area is 111 Å². The highest BCUT2D eigenvalue weighted by molar-refractivity contribution is 9.10. The molecule has 0 radical (unpaired) electrons. The Bertz CT molecular complexity index is 711. The van der Waals surface area contributed by atoms with Crippen LogP contribution in [0.3, 0.4) is 0 Å². The molecule has 7 heteroatoms. The molecular formula is C11H8BrN5O. The van der Waals surface area contributed by atoms with E-state index >= 15 is 0 Å². The van der Waals surface area contributed by atoms with Crippen molar-refractivity contribution in [2.75, 3.05) is 0 Å². The first-order valence-corrected chi connectivity index (χ1v) is 5.98. The molecule has 0 bridgehead atoms. The lowest BCUT2D eigenvalue weighted by Crippen LogP contribution is -1.94. The standard InChI is InChI=1S/C11H8BrN5O/c1-7-15-16-10-11(14-2-3-17(7)10)18-9-4-8(12)5-13-6-9/h2-6H,1H3. The Balaban J connectivity index is 2.05. The maximum Gasteiger partial charge on any atom is 0.265 e. The number of nitrogens with zero attached hydrogens (tertiary/aromatic N) is 5. The molecule has 3 aromatic rings. The van der Waals surface area contributed by atoms with E-state index in [-0.39, 0.29) is 0 Å². The van der Waals surface area contributed by atoms with Crippen molar-refractivity contribution in [1.29, 1.82) is 0 Å². The molecule has 0 aromatic carbocycles. The molecule has 0 unspecified atom stereocenters. The van der Waals surface area contributed by atoms with Crippen molar-refractivity contribution in [2.45, 2.75) is 6.92 Å². The van der Waals surface area contributed by atoms with E-state index in [1.165, 1.54) is 0 Å². The molecule has 3 heterocycles. The number of ether oxygens (including phenoxy) is 1. The van der Waals surface area contributed by atoms with E-state index in [0.717, 1.165) is 10.3 Å². The normalized spacial score (nSPS) is 10.8. The summed E-state index contributed by atoms with van der Waals surface area (Å²) in [6.45, 7) is 1.87. The summed E-state index contributed by atoms with van der Waals surface area (Å²) in [6.07, 6.45) is 6.72. The minimum Gasteiger partial charge on any atom is -0.434 e. The van der Waals surface area contributed by atoms with Gasteiger partial charge in [0.25, 0.3) is 5.88 Å². The largest absolute Gasteiger partial charge is 0.434 e. The number of aryl methyl sites for hydroxylation is 1. The summed E-state index contributed by atoms with van der Waals surface area (Å²) in [7, 11) is 0. The molecule has 3 aromatic heterocycles. The second-order valence-electron chi connectivity index (χ2n) is 3.61. The minimum absolute atomic E-state index is 0.401. The average molecular weight is 306 g/mol. The lowest BCUT2D eigenvalue weighted by atomic mass is 10.5. The van der Waals surface area contributed by atoms with Crippen LogP contribution in [0, 0.1) is 6.92 Å². The first kappa shape index (κ1) is 11.1. The average Bonchev–Trinajstić information content (AvgIpc) is 2.73. The fourth-order valence-electron chi connectivity index (χ4n) is 1.55. The van der Waals surface area contributed by atoms with Crippen LogP contribution in [-0.2, 0) is 0 Å². The zero-order valence-corrected chi connectivity index (χ0v) is 11.0. The SMILES string of the molecule is Cc1nnc2c(Oc3cncc(Br)c3)nccn12. The van der Waals surface area contributed by atoms with Crippen molar-refractivity contribution < 1.29 is 4.74 Å². The van der Waals surface area contributed by atoms with Crippen LogP contribution in [0.5, 0.6) is 11.6 Å². The van der Waals surface area contributed by atoms with E-state index in [1.807, 2.05) is 11.3 Å². The van der Waals surface area contributed by atoms with Crippen LogP contribution in [0.1, 0.15) is 5.82 Å². The van der Waals surface area contributed by atoms with Crippen LogP contribution in [0.25, 0.3) is 5.65 Å². The number of pyridine rings is 1. The summed E-state index contributed by atoms with van der Waals surface area (Å²) in [5.74, 6) is 1.77. The lowest BCUT2D eigenvalue weighted by Gasteiger charge is -2.05. The van der Waals surface area contributed by atoms with E-state index in [1.54, 1.807) is 30.9 Å². The number of fused-ring (bicyclic) bond motifs is 1. The number of aromatic nitrogens is 5. The molecule has 0 saturated heterocycles. The topological polar surface area (TPSA) is 65.2 Å². The summed E-state index contributed by atoms with van der Waals surface area (Å²) in [5.41, 5.74) is 0.579. The van der Waals surface area contributed by atoms with Gasteiger partial charge in [-0.3, -0.25) is 9.38 Å². The van der Waals surface area contributed by atoms with E-state index < -0.39 is 0 Å². The molecule has 0 aliphatic heterocycles. The third-order valence-electron chi connectivity index (χ3n) is 2.36. The van der Waals surface area contributed by atoms with Crippen molar-refractivity contribution >= 4 is 21.6 Å². The van der Waals surface area contributed by atoms with Crippen molar-refractivity contribution in [3.63, 3.8) is 0 Å². The number of hydrogen-bond donors (Lipinski definition) is 0. The van der Waals surface area contributed by atoms with Crippen LogP contribution < -0.4 is 4.74 Å². The molecule has 6 nitrogen and oxygen atoms in total. The van der Waals surface area contributed by atoms with Gasteiger partial charge in [0.15, 0.2) is 0 Å². The zero-order valence-electron chi connectivity index (χ0n) is 9.41. The van der Waals surface area contributed by atoms with Gasteiger partial charge in [-0.05, 0) is 28.9 Å². The summed E-state index contributed by atoms with van der Waals surface area (Å²) < 4.78 is 8.31. The molecule has 3 rings (SSSR count). The van der Waals surface area contributed by atoms with E-state index in [2.05, 4.69) is 36.1 Å². The van der Waals surface area contributed by atoms with E-state index in [0.29, 0.717) is 17.3 Å². The Hall–Kier alpha value is -2.02. The molecule has 18 heavy (non-hydrogen) atoms. The lowest BCUT2D eigenvalue weighted by molar-refractivity contribution is 0.462. The van der Waals surface area contributed by atoms with Gasteiger partial charge in [-0.15, -0.1) is 10.2 Å². The molecule has 0 N–H and O–H groups in total. The highest BCUT2D eigenvalue weighted by Crippen LogP contribution is 2.24. The highest BCUT2D eigenvalue weighted by atomic mass is 79.9. The Morgan fingerprint density at radius 2 is 2.17 bits per heavy atom. The Kier molecular flexibility index (Phi) is 2.67. The van der Waals surface area contributed by atoms with Crippen LogP contribution in [0.4, 0.5) is 0 Å². The maximum atomic E-state index is 5.66. The summed E-state index contributed by atoms with van der Waals surface area (Å²) in [5, 5.41) is 8.01. The Morgan fingerprint density at radius 3 is 3.00 bits per heavy atom. The van der Waals surface area contributed by atoms with Crippen LogP contribution >= 0.6 is 15.9 Å². The monoisotopic (exact) mass is 305 g/mol. The molecular weight excluding hydrogens is 298 g/mol. The van der Waals surface area contributed by atoms with Crippen LogP contribution in [0.2, 0.25) is 0 Å². The molecule has 90 valence electrons. The predicted octanol–water partition coefficient (Wildman–Crippen LogP) is 2.38. The van der Waals surface area contributed by atoms with Crippen molar-refractivity contribution in [2.24, 2.45) is 0 Å². The van der Waals surface area contributed by atoms with Gasteiger partial charge in [0.2, 0.25) is 5.65 Å². The molecule has 0 amide bonds. The number of rotatable bonds is 2. The van der Waals surface area contributed by atoms with Crippen molar-refractivity contribution in [3.05, 3.63) is 41.2 Å². The summed E-state index contributed by atoms with van der Waals surface area (Å²) in [4.78, 5) is 8.18. The zero-order chi connectivity index (χ0) is 12.5. The first-order chi connectivity index (χ1) is 8.74. The van der Waals surface area contributed by atoms with Gasteiger partial charge < -0.3 is 4.74 Å². The van der Waals surface area contributed by atoms with E-state index in [4.69, 9.17) is 4.74 Å². The predicted molar refractivity (Wildman–Crippen MR) is 67.5 cm³/mol. The molecule has 0 spiro atoms. The summed E-state index contributed by atoms with van der Waals surface area (Å²) >= 11 is 3.33. The Morgan fingerprint density at radius 1 is 1.28 bits per heavy atom. The number of halogens is 1. The molecule has 0 aliphatic rings. The van der Waals surface area contributed by atoms with Gasteiger partial charge in [0.1, 0.15) is 11.6 Å². The van der Waals surface area contributed by atoms with Gasteiger partial charge in [-0.1, -0.05) is 0 Å². The maximum absolute atomic E-state index is 5.66. The van der Waals surface area contributed by atoms with Crippen LogP contribution in [0.15, 0.2) is 35.3 Å². The molecule has 0 saturated carbocycles. The van der Waals surface area contributed by atoms with Gasteiger partial charge >= 0.3 is 0 Å². The fourth-order valence-corrected chi connectivity index (χ4v) is 1.89. The van der Waals surface area contributed by atoms with Crippen molar-refractivity contribution in [3.8, 4) is 11.6 Å². The quantitative estimate of drug-likeness (QED) is 0.727. The summed E-state index contributed by atoms with van der Waals surface area (Å²) in [6, 6.07) is 1.81.